The number of imide groups is 2. The molecule has 16 nitrogen and oxygen atoms in total. The van der Waals surface area contributed by atoms with E-state index in [1.807, 2.05) is 44.7 Å². The van der Waals surface area contributed by atoms with Gasteiger partial charge in [0, 0.05) is 79.8 Å². The number of hydrogen-bond acceptors (Lipinski definition) is 12. The number of nitrogens with zero attached hydrogens (tertiary/aromatic N) is 7. The van der Waals surface area contributed by atoms with Crippen molar-refractivity contribution in [3.05, 3.63) is 113 Å². The molecular formula is C53H55FN10O6. The summed E-state index contributed by atoms with van der Waals surface area (Å²) in [5.74, 6) is -2.46. The molecule has 0 saturated carbocycles. The summed E-state index contributed by atoms with van der Waals surface area (Å²) in [7, 11) is 0. The molecule has 5 amide bonds. The molecule has 5 aliphatic heterocycles. The number of rotatable bonds is 10. The number of H-pyrrole nitrogens is 1. The molecule has 0 aliphatic carbocycles. The highest BCUT2D eigenvalue weighted by atomic mass is 19.1. The monoisotopic (exact) mass is 946 g/mol. The van der Waals surface area contributed by atoms with Gasteiger partial charge < -0.3 is 19.6 Å². The largest absolute Gasteiger partial charge is 0.372 e. The normalized spacial score (nSPS) is 21.0. The minimum absolute atomic E-state index is 0.0224. The highest BCUT2D eigenvalue weighted by molar-refractivity contribution is 6.23. The van der Waals surface area contributed by atoms with E-state index in [4.69, 9.17) is 9.62 Å². The van der Waals surface area contributed by atoms with Gasteiger partial charge in [0.05, 0.1) is 28.0 Å². The van der Waals surface area contributed by atoms with Crippen molar-refractivity contribution in [3.8, 4) is 22.4 Å². The van der Waals surface area contributed by atoms with Crippen LogP contribution in [-0.4, -0.2) is 111 Å². The molecule has 3 N–H and O–H groups in total. The molecular weight excluding hydrogens is 892 g/mol. The first-order valence-electron chi connectivity index (χ1n) is 24.3. The summed E-state index contributed by atoms with van der Waals surface area (Å²) < 4.78 is 21.0. The Bertz CT molecular complexity index is 3080. The van der Waals surface area contributed by atoms with Crippen LogP contribution in [0.3, 0.4) is 0 Å². The van der Waals surface area contributed by atoms with Crippen LogP contribution in [-0.2, 0) is 21.5 Å². The zero-order valence-electron chi connectivity index (χ0n) is 39.7. The van der Waals surface area contributed by atoms with Crippen LogP contribution in [0.25, 0.3) is 33.3 Å². The summed E-state index contributed by atoms with van der Waals surface area (Å²) in [6, 6.07) is 23.4. The summed E-state index contributed by atoms with van der Waals surface area (Å²) in [6.45, 7) is 12.4. The molecule has 3 atom stereocenters. The lowest BCUT2D eigenvalue weighted by Crippen LogP contribution is -2.55. The van der Waals surface area contributed by atoms with Crippen LogP contribution < -0.4 is 20.4 Å². The third-order valence-corrected chi connectivity index (χ3v) is 15.0. The molecule has 2 aromatic heterocycles. The van der Waals surface area contributed by atoms with E-state index in [0.717, 1.165) is 101 Å². The molecule has 70 heavy (non-hydrogen) atoms. The Labute approximate surface area is 403 Å². The van der Waals surface area contributed by atoms with E-state index in [1.165, 1.54) is 11.8 Å². The van der Waals surface area contributed by atoms with Gasteiger partial charge in [0.1, 0.15) is 11.9 Å². The second-order valence-electron chi connectivity index (χ2n) is 20.6. The number of fused-ring (bicyclic) bond motifs is 4. The average Bonchev–Trinajstić information content (AvgIpc) is 4.12. The topological polar surface area (TPSA) is 190 Å². The number of piperidine rings is 2. The Hall–Kier alpha value is -7.27. The van der Waals surface area contributed by atoms with Gasteiger partial charge >= 0.3 is 11.8 Å². The van der Waals surface area contributed by atoms with Crippen LogP contribution in [0.15, 0.2) is 77.3 Å². The van der Waals surface area contributed by atoms with Crippen molar-refractivity contribution in [2.24, 2.45) is 5.92 Å². The lowest BCUT2D eigenvalue weighted by atomic mass is 9.94. The Kier molecular flexibility index (Phi) is 11.4. The number of aromatic amines is 1. The van der Waals surface area contributed by atoms with E-state index >= 15 is 4.39 Å². The number of anilines is 2. The minimum atomic E-state index is -1.10. The predicted octanol–water partition coefficient (Wildman–Crippen LogP) is 6.93. The number of aryl methyl sites for hydroxylation is 1. The minimum Gasteiger partial charge on any atom is -0.372 e. The molecule has 3 unspecified atom stereocenters. The maximum Gasteiger partial charge on any atom is 0.315 e. The first kappa shape index (κ1) is 45.2. The van der Waals surface area contributed by atoms with Gasteiger partial charge in [-0.2, -0.15) is 10.1 Å². The summed E-state index contributed by atoms with van der Waals surface area (Å²) in [5, 5.41) is 18.0. The van der Waals surface area contributed by atoms with Crippen molar-refractivity contribution < 1.29 is 32.9 Å². The number of carbonyl (C=O) groups excluding carboxylic acids is 5. The van der Waals surface area contributed by atoms with Gasteiger partial charge in [0.25, 0.3) is 11.8 Å². The number of amides is 5. The number of halogens is 1. The van der Waals surface area contributed by atoms with E-state index in [9.17, 15) is 24.0 Å². The maximum absolute atomic E-state index is 15.8. The number of nitrogens with one attached hydrogen (secondary N) is 3. The third kappa shape index (κ3) is 8.28. The zero-order valence-corrected chi connectivity index (χ0v) is 39.7. The molecule has 4 fully saturated rings. The second-order valence-corrected chi connectivity index (χ2v) is 20.6. The van der Waals surface area contributed by atoms with Crippen LogP contribution in [0.1, 0.15) is 108 Å². The van der Waals surface area contributed by atoms with Gasteiger partial charge in [-0.25, -0.2) is 4.39 Å². The fraction of sp³-hybridized carbons (Fsp3) is 0.396. The number of hydrogen-bond donors (Lipinski definition) is 3. The highest BCUT2D eigenvalue weighted by Crippen LogP contribution is 2.39. The number of aromatic nitrogens is 4. The Balaban J connectivity index is 0.690. The molecule has 0 radical (unpaired) electrons. The van der Waals surface area contributed by atoms with Crippen molar-refractivity contribution >= 4 is 51.8 Å². The van der Waals surface area contributed by atoms with Gasteiger partial charge in [-0.3, -0.25) is 44.2 Å². The fourth-order valence-corrected chi connectivity index (χ4v) is 11.1. The van der Waals surface area contributed by atoms with Crippen LogP contribution >= 0.6 is 0 Å². The Morgan fingerprint density at radius 3 is 2.21 bits per heavy atom. The molecule has 2 bridgehead atoms. The Morgan fingerprint density at radius 1 is 0.829 bits per heavy atom. The molecule has 11 rings (SSSR count). The fourth-order valence-electron chi connectivity index (χ4n) is 11.1. The molecule has 7 heterocycles. The Morgan fingerprint density at radius 2 is 1.53 bits per heavy atom. The van der Waals surface area contributed by atoms with Crippen molar-refractivity contribution in [1.82, 2.24) is 40.8 Å². The molecule has 4 saturated heterocycles. The standard InChI is InChI=1S/C53H55FN10O6/c1-29-21-33(5-6-34(29)25-55-48(67)49-57-52(60-70-49)53(2,3)4)46-40-22-32(9-14-42(40)58-59-46)31-7-10-35(11-8-31)61-19-17-30(18-20-61)26-63-36-12-13-37(63)28-62(27-36)44-24-39-38(23-41(44)54)50(68)64(51(39)69)43-15-16-45(65)56-47(43)66/h5-11,14,21-24,30,36-37,43H,12-13,15-20,25-28H2,1-4H3,(H,55,67)(H,58,59)(H,56,65,66). The van der Waals surface area contributed by atoms with Crippen LogP contribution in [0.4, 0.5) is 15.8 Å². The highest BCUT2D eigenvalue weighted by Gasteiger charge is 2.47. The van der Waals surface area contributed by atoms with E-state index in [1.54, 1.807) is 0 Å². The summed E-state index contributed by atoms with van der Waals surface area (Å²) in [4.78, 5) is 76.1. The van der Waals surface area contributed by atoms with E-state index in [-0.39, 0.29) is 47.4 Å². The first-order chi connectivity index (χ1) is 33.7. The third-order valence-electron chi connectivity index (χ3n) is 15.0. The number of carbonyl (C=O) groups is 5. The summed E-state index contributed by atoms with van der Waals surface area (Å²) >= 11 is 0. The quantitative estimate of drug-likeness (QED) is 0.120. The van der Waals surface area contributed by atoms with Gasteiger partial charge in [0.15, 0.2) is 5.82 Å². The van der Waals surface area contributed by atoms with Gasteiger partial charge in [-0.1, -0.05) is 56.3 Å². The van der Waals surface area contributed by atoms with Gasteiger partial charge in [0.2, 0.25) is 11.8 Å². The number of piperazine rings is 1. The van der Waals surface area contributed by atoms with Crippen molar-refractivity contribution in [2.45, 2.75) is 96.3 Å². The van der Waals surface area contributed by atoms with E-state index in [2.05, 4.69) is 84.2 Å². The molecule has 360 valence electrons. The van der Waals surface area contributed by atoms with Crippen LogP contribution in [0, 0.1) is 18.7 Å². The van der Waals surface area contributed by atoms with Crippen molar-refractivity contribution in [1.29, 1.82) is 0 Å². The lowest BCUT2D eigenvalue weighted by Gasteiger charge is -2.44. The average molecular weight is 947 g/mol. The smallest absolute Gasteiger partial charge is 0.315 e. The molecule has 4 aromatic carbocycles. The maximum atomic E-state index is 15.8. The lowest BCUT2D eigenvalue weighted by molar-refractivity contribution is -0.136. The van der Waals surface area contributed by atoms with E-state index < -0.39 is 41.4 Å². The van der Waals surface area contributed by atoms with Crippen molar-refractivity contribution in [3.63, 3.8) is 0 Å². The molecule has 6 aromatic rings. The summed E-state index contributed by atoms with van der Waals surface area (Å²) in [6.07, 6.45) is 4.27. The van der Waals surface area contributed by atoms with Gasteiger partial charge in [-0.05, 0) is 110 Å². The number of benzene rings is 4. The van der Waals surface area contributed by atoms with Gasteiger partial charge in [-0.15, -0.1) is 0 Å². The van der Waals surface area contributed by atoms with Crippen molar-refractivity contribution in [2.75, 3.05) is 42.5 Å². The van der Waals surface area contributed by atoms with E-state index in [0.29, 0.717) is 37.1 Å². The molecule has 0 spiro atoms. The SMILES string of the molecule is Cc1cc(-c2n[nH]c3ccc(-c4ccc(N5CCC(CN6C7CCC6CN(c6cc8c(cc6F)C(=O)N(C6CCC(=O)NC6=O)C8=O)C7)CC5)cc4)cc23)ccc1CNC(=O)c1nc(C(C)(C)C)no1. The molecule has 5 aliphatic rings. The second kappa shape index (κ2) is 17.6. The zero-order chi connectivity index (χ0) is 48.6. The van der Waals surface area contributed by atoms with Crippen LogP contribution in [0.5, 0.6) is 0 Å². The van der Waals surface area contributed by atoms with Crippen LogP contribution in [0.2, 0.25) is 0 Å². The summed E-state index contributed by atoms with van der Waals surface area (Å²) in [5.41, 5.74) is 8.23. The molecule has 17 heteroatoms. The predicted molar refractivity (Wildman–Crippen MR) is 260 cm³/mol. The first-order valence-corrected chi connectivity index (χ1v) is 24.3.